The lowest BCUT2D eigenvalue weighted by molar-refractivity contribution is 0.0975. The van der Waals surface area contributed by atoms with E-state index in [0.29, 0.717) is 42.8 Å². The van der Waals surface area contributed by atoms with Crippen molar-refractivity contribution in [3.63, 3.8) is 0 Å². The molecular weight excluding hydrogens is 813 g/mol. The molecule has 0 amide bonds. The van der Waals surface area contributed by atoms with Gasteiger partial charge in [-0.2, -0.15) is 0 Å². The second-order valence-electron chi connectivity index (χ2n) is 16.3. The third-order valence-corrected chi connectivity index (χ3v) is 13.9. The number of thiophene rings is 2. The van der Waals surface area contributed by atoms with Gasteiger partial charge in [0.1, 0.15) is 22.7 Å². The third kappa shape index (κ3) is 5.16. The lowest BCUT2D eigenvalue weighted by atomic mass is 9.88. The molecule has 0 bridgehead atoms. The van der Waals surface area contributed by atoms with Crippen LogP contribution in [-0.4, -0.2) is 23.1 Å². The van der Waals surface area contributed by atoms with Gasteiger partial charge in [-0.15, -0.1) is 22.7 Å². The Labute approximate surface area is 346 Å². The molecule has 4 aliphatic rings. The van der Waals surface area contributed by atoms with Crippen LogP contribution < -0.4 is 9.47 Å². The summed E-state index contributed by atoms with van der Waals surface area (Å²) in [7, 11) is 0. The summed E-state index contributed by atoms with van der Waals surface area (Å²) in [6.07, 6.45) is 3.11. The van der Waals surface area contributed by atoms with E-state index in [9.17, 15) is 36.7 Å². The SMILES string of the molecule is CC1(C)Oc2cc3c(cc2-c2sc(C=C4C(=O)c5cc6cc(F)c(F)cc6cc5C4=O)cc21)OC(C)(C)c1cc(C=C2C(=O)c4cc5cc(F)c(F)cc5cc4C2=O)sc1-3. The molecule has 60 heavy (non-hydrogen) atoms. The molecule has 0 atom stereocenters. The largest absolute Gasteiger partial charge is 0.482 e. The van der Waals surface area contributed by atoms with Gasteiger partial charge in [-0.25, -0.2) is 17.6 Å². The molecule has 6 nitrogen and oxygen atoms in total. The van der Waals surface area contributed by atoms with Crippen molar-refractivity contribution in [1.82, 2.24) is 0 Å². The maximum Gasteiger partial charge on any atom is 0.197 e. The minimum atomic E-state index is -1.05. The molecule has 2 aromatic heterocycles. The third-order valence-electron chi connectivity index (χ3n) is 11.7. The number of rotatable bonds is 2. The van der Waals surface area contributed by atoms with E-state index < -0.39 is 57.6 Å². The number of benzene rings is 5. The maximum absolute atomic E-state index is 14.0. The van der Waals surface area contributed by atoms with E-state index in [0.717, 1.165) is 56.3 Å². The van der Waals surface area contributed by atoms with Gasteiger partial charge >= 0.3 is 0 Å². The van der Waals surface area contributed by atoms with Gasteiger partial charge in [-0.1, -0.05) is 0 Å². The molecule has 0 N–H and O–H groups in total. The first-order valence-corrected chi connectivity index (χ1v) is 20.4. The van der Waals surface area contributed by atoms with Gasteiger partial charge < -0.3 is 9.47 Å². The molecule has 294 valence electrons. The van der Waals surface area contributed by atoms with Crippen LogP contribution in [0.25, 0.3) is 54.6 Å². The molecule has 0 spiro atoms. The van der Waals surface area contributed by atoms with Gasteiger partial charge in [0.15, 0.2) is 46.4 Å². The number of ether oxygens (including phenoxy) is 2. The second-order valence-corrected chi connectivity index (χ2v) is 18.5. The van der Waals surface area contributed by atoms with Crippen molar-refractivity contribution in [1.29, 1.82) is 0 Å². The lowest BCUT2D eigenvalue weighted by Gasteiger charge is -2.36. The summed E-state index contributed by atoms with van der Waals surface area (Å²) in [5, 5.41) is 1.25. The number of ketones is 4. The minimum absolute atomic E-state index is 0.0468. The van der Waals surface area contributed by atoms with Gasteiger partial charge in [-0.3, -0.25) is 19.2 Å². The maximum atomic E-state index is 14.0. The topological polar surface area (TPSA) is 86.7 Å². The van der Waals surface area contributed by atoms with E-state index in [2.05, 4.69) is 0 Å². The van der Waals surface area contributed by atoms with Crippen LogP contribution in [0.15, 0.2) is 83.9 Å². The van der Waals surface area contributed by atoms with Gasteiger partial charge in [0.05, 0.1) is 11.1 Å². The van der Waals surface area contributed by atoms with Crippen LogP contribution in [0.2, 0.25) is 0 Å². The van der Waals surface area contributed by atoms with Crippen LogP contribution in [0.1, 0.15) is 90.0 Å². The van der Waals surface area contributed by atoms with Crippen LogP contribution in [0.4, 0.5) is 17.6 Å². The Morgan fingerprint density at radius 2 is 0.733 bits per heavy atom. The van der Waals surface area contributed by atoms with Gasteiger partial charge in [0.2, 0.25) is 0 Å². The average molecular weight is 839 g/mol. The van der Waals surface area contributed by atoms with E-state index in [1.807, 2.05) is 52.0 Å². The Hall–Kier alpha value is -6.50. The summed E-state index contributed by atoms with van der Waals surface area (Å²) in [6, 6.07) is 17.3. The smallest absolute Gasteiger partial charge is 0.197 e. The van der Waals surface area contributed by atoms with Crippen molar-refractivity contribution < 1.29 is 46.2 Å². The molecule has 2 aliphatic carbocycles. The van der Waals surface area contributed by atoms with E-state index in [1.54, 1.807) is 12.2 Å². The monoisotopic (exact) mass is 838 g/mol. The Kier molecular flexibility index (Phi) is 7.34. The zero-order valence-electron chi connectivity index (χ0n) is 31.9. The standard InChI is InChI=1S/C48H26F4O6S2/c1-47(2)33-15-23(13-31-41(53)25-5-19-9-35(49)36(50)10-20(19)6-26(25)42(31)54)59-45(33)29-18-40-30(17-39(29)57-47)46-34(48(3,4)58-40)16-24(60-46)14-32-43(55)27-7-21-11-37(51)38(52)12-22(21)8-28(27)44(32)56/h5-18H,1-4H3. The van der Waals surface area contributed by atoms with E-state index in [4.69, 9.17) is 9.47 Å². The van der Waals surface area contributed by atoms with Crippen molar-refractivity contribution >= 4 is 79.5 Å². The first kappa shape index (κ1) is 36.6. The first-order valence-electron chi connectivity index (χ1n) is 18.8. The first-order chi connectivity index (χ1) is 28.5. The Morgan fingerprint density at radius 1 is 0.433 bits per heavy atom. The summed E-state index contributed by atoms with van der Waals surface area (Å²) in [5.74, 6) is -5.01. The highest BCUT2D eigenvalue weighted by Gasteiger charge is 2.41. The van der Waals surface area contributed by atoms with Crippen molar-refractivity contribution in [3.05, 3.63) is 150 Å². The fourth-order valence-electron chi connectivity index (χ4n) is 8.67. The number of allylic oxidation sites excluding steroid dienone is 2. The number of halogens is 4. The van der Waals surface area contributed by atoms with E-state index in [-0.39, 0.29) is 33.4 Å². The molecule has 11 rings (SSSR count). The summed E-state index contributed by atoms with van der Waals surface area (Å²) in [5.41, 5.74) is 1.98. The normalized spacial score (nSPS) is 16.6. The van der Waals surface area contributed by atoms with Crippen LogP contribution in [0.5, 0.6) is 11.5 Å². The molecule has 0 saturated heterocycles. The van der Waals surface area contributed by atoms with E-state index in [1.165, 1.54) is 46.9 Å². The highest BCUT2D eigenvalue weighted by molar-refractivity contribution is 7.17. The number of hydrogen-bond acceptors (Lipinski definition) is 8. The molecule has 0 saturated carbocycles. The summed E-state index contributed by atoms with van der Waals surface area (Å²) in [4.78, 5) is 57.4. The lowest BCUT2D eigenvalue weighted by Crippen LogP contribution is -2.30. The number of hydrogen-bond donors (Lipinski definition) is 0. The number of Topliss-reactive ketones (excluding diaryl/α,β-unsaturated/α-hetero) is 4. The quantitative estimate of drug-likeness (QED) is 0.0979. The molecular formula is C48H26F4O6S2. The number of carbonyl (C=O) groups excluding carboxylic acids is 4. The van der Waals surface area contributed by atoms with Crippen molar-refractivity contribution in [3.8, 4) is 32.4 Å². The molecule has 0 unspecified atom stereocenters. The Morgan fingerprint density at radius 3 is 1.03 bits per heavy atom. The molecule has 0 radical (unpaired) electrons. The van der Waals surface area contributed by atoms with Crippen LogP contribution >= 0.6 is 22.7 Å². The molecule has 2 aliphatic heterocycles. The molecule has 7 aromatic rings. The number of carbonyl (C=O) groups is 4. The zero-order valence-corrected chi connectivity index (χ0v) is 33.5. The molecule has 0 fully saturated rings. The van der Waals surface area contributed by atoms with Gasteiger partial charge in [-0.05, 0) is 134 Å². The summed E-state index contributed by atoms with van der Waals surface area (Å²) >= 11 is 2.78. The fourth-order valence-corrected chi connectivity index (χ4v) is 11.2. The average Bonchev–Trinajstić information content (AvgIpc) is 3.93. The molecule has 12 heteroatoms. The Bertz CT molecular complexity index is 3000. The van der Waals surface area contributed by atoms with E-state index >= 15 is 0 Å². The predicted octanol–water partition coefficient (Wildman–Crippen LogP) is 12.2. The second kappa shape index (κ2) is 12.0. The van der Waals surface area contributed by atoms with Crippen LogP contribution in [-0.2, 0) is 11.2 Å². The zero-order chi connectivity index (χ0) is 41.9. The minimum Gasteiger partial charge on any atom is -0.482 e. The highest BCUT2D eigenvalue weighted by Crippen LogP contribution is 2.57. The Balaban J connectivity index is 0.959. The van der Waals surface area contributed by atoms with Crippen LogP contribution in [0, 0.1) is 23.3 Å². The number of fused-ring (bicyclic) bond motifs is 10. The van der Waals surface area contributed by atoms with Gasteiger partial charge in [0, 0.05) is 64.0 Å². The fraction of sp³-hybridized carbons (Fsp3) is 0.125. The predicted molar refractivity (Wildman–Crippen MR) is 221 cm³/mol. The van der Waals surface area contributed by atoms with Crippen LogP contribution in [0.3, 0.4) is 0 Å². The van der Waals surface area contributed by atoms with Crippen molar-refractivity contribution in [2.24, 2.45) is 0 Å². The van der Waals surface area contributed by atoms with Crippen molar-refractivity contribution in [2.75, 3.05) is 0 Å². The van der Waals surface area contributed by atoms with Crippen molar-refractivity contribution in [2.45, 2.75) is 38.9 Å². The molecule has 4 heterocycles. The highest BCUT2D eigenvalue weighted by atomic mass is 32.1. The van der Waals surface area contributed by atoms with Gasteiger partial charge in [0.25, 0.3) is 0 Å². The summed E-state index contributed by atoms with van der Waals surface area (Å²) < 4.78 is 69.3. The molecule has 5 aromatic carbocycles. The summed E-state index contributed by atoms with van der Waals surface area (Å²) in [6.45, 7) is 7.70.